The third kappa shape index (κ3) is 3.06. The molecule has 1 spiro atoms. The first-order valence-corrected chi connectivity index (χ1v) is 8.61. The smallest absolute Gasteiger partial charge is 0.0685 e. The maximum atomic E-state index is 6.52. The van der Waals surface area contributed by atoms with Crippen molar-refractivity contribution in [3.63, 3.8) is 0 Å². The van der Waals surface area contributed by atoms with Gasteiger partial charge in [-0.2, -0.15) is 0 Å². The molecule has 2 unspecified atom stereocenters. The maximum Gasteiger partial charge on any atom is 0.0685 e. The molecule has 0 amide bonds. The van der Waals surface area contributed by atoms with Crippen molar-refractivity contribution in [3.05, 3.63) is 33.3 Å². The Morgan fingerprint density at radius 1 is 1.30 bits per heavy atom. The molecule has 1 saturated carbocycles. The highest BCUT2D eigenvalue weighted by Gasteiger charge is 2.41. The minimum atomic E-state index is 0.0476. The Balaban J connectivity index is 1.77. The topological polar surface area (TPSA) is 35.2 Å². The van der Waals surface area contributed by atoms with Gasteiger partial charge in [0.2, 0.25) is 0 Å². The molecule has 1 aliphatic carbocycles. The summed E-state index contributed by atoms with van der Waals surface area (Å²) in [5.74, 6) is 0.493. The molecule has 2 atom stereocenters. The minimum absolute atomic E-state index is 0.0476. The van der Waals surface area contributed by atoms with Crippen LogP contribution in [0.2, 0.25) is 5.02 Å². The number of ether oxygens (including phenoxy) is 1. The van der Waals surface area contributed by atoms with E-state index in [1.54, 1.807) is 0 Å². The molecule has 0 bridgehead atoms. The molecule has 1 aromatic rings. The van der Waals surface area contributed by atoms with Crippen molar-refractivity contribution >= 4 is 27.5 Å². The predicted molar refractivity (Wildman–Crippen MR) is 86.0 cm³/mol. The van der Waals surface area contributed by atoms with Crippen LogP contribution < -0.4 is 5.73 Å². The monoisotopic (exact) mass is 357 g/mol. The summed E-state index contributed by atoms with van der Waals surface area (Å²) in [4.78, 5) is 0. The predicted octanol–water partition coefficient (Wildman–Crippen LogP) is 4.84. The lowest BCUT2D eigenvalue weighted by Gasteiger charge is -2.40. The van der Waals surface area contributed by atoms with Crippen molar-refractivity contribution in [1.82, 2.24) is 0 Å². The van der Waals surface area contributed by atoms with Crippen LogP contribution in [0.15, 0.2) is 22.7 Å². The zero-order valence-corrected chi connectivity index (χ0v) is 13.9. The number of halogens is 2. The molecule has 1 aromatic carbocycles. The quantitative estimate of drug-likeness (QED) is 0.821. The molecule has 3 rings (SSSR count). The molecular formula is C16H21BrClNO. The first-order chi connectivity index (χ1) is 9.58. The summed E-state index contributed by atoms with van der Waals surface area (Å²) < 4.78 is 7.10. The molecule has 2 nitrogen and oxygen atoms in total. The van der Waals surface area contributed by atoms with Crippen molar-refractivity contribution in [2.24, 2.45) is 11.7 Å². The normalized spacial score (nSPS) is 26.9. The number of hydrogen-bond donors (Lipinski definition) is 1. The first kappa shape index (κ1) is 14.8. The van der Waals surface area contributed by atoms with Crippen molar-refractivity contribution in [2.45, 2.75) is 50.2 Å². The maximum absolute atomic E-state index is 6.52. The summed E-state index contributed by atoms with van der Waals surface area (Å²) in [5, 5.41) is 0.743. The van der Waals surface area contributed by atoms with Crippen LogP contribution in [0.3, 0.4) is 0 Å². The fourth-order valence-corrected chi connectivity index (χ4v) is 4.67. The Labute approximate surface area is 134 Å². The first-order valence-electron chi connectivity index (χ1n) is 7.44. The highest BCUT2D eigenvalue weighted by atomic mass is 79.9. The number of hydrogen-bond acceptors (Lipinski definition) is 2. The van der Waals surface area contributed by atoms with Crippen LogP contribution in [0.1, 0.15) is 50.1 Å². The lowest BCUT2D eigenvalue weighted by Crippen LogP contribution is -2.40. The lowest BCUT2D eigenvalue weighted by atomic mass is 9.79. The van der Waals surface area contributed by atoms with Crippen molar-refractivity contribution in [1.29, 1.82) is 0 Å². The van der Waals surface area contributed by atoms with Gasteiger partial charge in [0.15, 0.2) is 0 Å². The van der Waals surface area contributed by atoms with Gasteiger partial charge in [-0.1, -0.05) is 40.4 Å². The number of nitrogens with two attached hydrogens (primary N) is 1. The van der Waals surface area contributed by atoms with Crippen LogP contribution in [0.5, 0.6) is 0 Å². The van der Waals surface area contributed by atoms with Crippen LogP contribution in [0.25, 0.3) is 0 Å². The van der Waals surface area contributed by atoms with Gasteiger partial charge in [-0.15, -0.1) is 0 Å². The van der Waals surface area contributed by atoms with E-state index in [4.69, 9.17) is 22.1 Å². The van der Waals surface area contributed by atoms with E-state index in [1.807, 2.05) is 12.1 Å². The summed E-state index contributed by atoms with van der Waals surface area (Å²) in [6.07, 6.45) is 7.14. The molecule has 110 valence electrons. The second kappa shape index (κ2) is 5.96. The molecular weight excluding hydrogens is 338 g/mol. The van der Waals surface area contributed by atoms with Gasteiger partial charge in [-0.05, 0) is 55.4 Å². The highest BCUT2D eigenvalue weighted by molar-refractivity contribution is 9.10. The zero-order chi connectivity index (χ0) is 14.2. The molecule has 0 aromatic heterocycles. The average Bonchev–Trinajstić information content (AvgIpc) is 2.85. The van der Waals surface area contributed by atoms with E-state index in [-0.39, 0.29) is 11.6 Å². The zero-order valence-electron chi connectivity index (χ0n) is 11.6. The lowest BCUT2D eigenvalue weighted by molar-refractivity contribution is -0.0963. The molecule has 2 aliphatic rings. The molecule has 2 fully saturated rings. The van der Waals surface area contributed by atoms with Gasteiger partial charge in [0.1, 0.15) is 0 Å². The average molecular weight is 359 g/mol. The minimum Gasteiger partial charge on any atom is -0.375 e. The Morgan fingerprint density at radius 2 is 2.05 bits per heavy atom. The SMILES string of the molecule is NC(c1cc(Cl)cc(Br)c1)C1CCOC2(CCCC2)C1. The fourth-order valence-electron chi connectivity index (χ4n) is 3.78. The Bertz CT molecular complexity index is 467. The van der Waals surface area contributed by atoms with E-state index in [2.05, 4.69) is 22.0 Å². The molecule has 1 saturated heterocycles. The second-order valence-corrected chi connectivity index (χ2v) is 7.57. The molecule has 20 heavy (non-hydrogen) atoms. The van der Waals surface area contributed by atoms with E-state index in [9.17, 15) is 0 Å². The van der Waals surface area contributed by atoms with Crippen molar-refractivity contribution in [3.8, 4) is 0 Å². The second-order valence-electron chi connectivity index (χ2n) is 6.22. The van der Waals surface area contributed by atoms with Gasteiger partial charge >= 0.3 is 0 Å². The summed E-state index contributed by atoms with van der Waals surface area (Å²) in [6.45, 7) is 0.847. The van der Waals surface area contributed by atoms with Gasteiger partial charge in [0.05, 0.1) is 5.60 Å². The third-order valence-corrected chi connectivity index (χ3v) is 5.50. The van der Waals surface area contributed by atoms with Crippen LogP contribution in [0, 0.1) is 5.92 Å². The van der Waals surface area contributed by atoms with Gasteiger partial charge < -0.3 is 10.5 Å². The molecule has 1 aliphatic heterocycles. The Kier molecular flexibility index (Phi) is 4.42. The Morgan fingerprint density at radius 3 is 2.75 bits per heavy atom. The Hall–Kier alpha value is -0.0900. The van der Waals surface area contributed by atoms with E-state index >= 15 is 0 Å². The molecule has 4 heteroatoms. The van der Waals surface area contributed by atoms with Crippen LogP contribution in [-0.4, -0.2) is 12.2 Å². The van der Waals surface area contributed by atoms with Crippen molar-refractivity contribution < 1.29 is 4.74 Å². The summed E-state index contributed by atoms with van der Waals surface area (Å²) in [7, 11) is 0. The molecule has 2 N–H and O–H groups in total. The number of rotatable bonds is 2. The van der Waals surface area contributed by atoms with Gasteiger partial charge in [-0.25, -0.2) is 0 Å². The molecule has 1 heterocycles. The van der Waals surface area contributed by atoms with E-state index in [0.29, 0.717) is 5.92 Å². The van der Waals surface area contributed by atoms with E-state index < -0.39 is 0 Å². The highest BCUT2D eigenvalue weighted by Crippen LogP contribution is 2.45. The van der Waals surface area contributed by atoms with Gasteiger partial charge in [0, 0.05) is 22.1 Å². The standard InChI is InChI=1S/C16H21BrClNO/c17-13-7-12(8-14(18)9-13)15(19)11-3-6-20-16(10-11)4-1-2-5-16/h7-9,11,15H,1-6,10,19H2. The number of benzene rings is 1. The van der Waals surface area contributed by atoms with E-state index in [0.717, 1.165) is 34.5 Å². The summed E-state index contributed by atoms with van der Waals surface area (Å²) in [6, 6.07) is 6.03. The largest absolute Gasteiger partial charge is 0.375 e. The summed E-state index contributed by atoms with van der Waals surface area (Å²) >= 11 is 9.64. The molecule has 0 radical (unpaired) electrons. The van der Waals surface area contributed by atoms with Crippen LogP contribution >= 0.6 is 27.5 Å². The van der Waals surface area contributed by atoms with E-state index in [1.165, 1.54) is 25.7 Å². The fraction of sp³-hybridized carbons (Fsp3) is 0.625. The van der Waals surface area contributed by atoms with Crippen molar-refractivity contribution in [2.75, 3.05) is 6.61 Å². The summed E-state index contributed by atoms with van der Waals surface area (Å²) in [5.41, 5.74) is 7.77. The van der Waals surface area contributed by atoms with Gasteiger partial charge in [-0.3, -0.25) is 0 Å². The van der Waals surface area contributed by atoms with Crippen LogP contribution in [-0.2, 0) is 4.74 Å². The van der Waals surface area contributed by atoms with Crippen LogP contribution in [0.4, 0.5) is 0 Å². The third-order valence-electron chi connectivity index (χ3n) is 4.82. The van der Waals surface area contributed by atoms with Gasteiger partial charge in [0.25, 0.3) is 0 Å².